The Kier molecular flexibility index (Phi) is 3.54. The number of nitriles is 1. The molecule has 0 saturated heterocycles. The predicted octanol–water partition coefficient (Wildman–Crippen LogP) is 2.78. The van der Waals surface area contributed by atoms with Crippen LogP contribution >= 0.6 is 0 Å². The van der Waals surface area contributed by atoms with Crippen molar-refractivity contribution in [2.75, 3.05) is 0 Å². The van der Waals surface area contributed by atoms with Crippen molar-refractivity contribution in [3.63, 3.8) is 0 Å². The molecule has 0 aliphatic heterocycles. The number of rotatable bonds is 3. The van der Waals surface area contributed by atoms with Crippen LogP contribution in [0.1, 0.15) is 16.8 Å². The van der Waals surface area contributed by atoms with Gasteiger partial charge in [0, 0.05) is 18.3 Å². The molecule has 3 aromatic rings. The Hall–Kier alpha value is -3.20. The standard InChI is InChI=1S/C16H11FN4O/c17-12-2-1-10(7-15(12)22)5-14-16(21-9-20-14)13-6-11(8-18)3-4-19-13/h1-4,6-7,9,22H,5H2,(H,20,21). The van der Waals surface area contributed by atoms with E-state index < -0.39 is 5.82 Å². The number of pyridine rings is 1. The Morgan fingerprint density at radius 2 is 2.09 bits per heavy atom. The quantitative estimate of drug-likeness (QED) is 0.777. The summed E-state index contributed by atoms with van der Waals surface area (Å²) in [5, 5.41) is 18.4. The molecule has 0 atom stereocenters. The maximum Gasteiger partial charge on any atom is 0.164 e. The van der Waals surface area contributed by atoms with Gasteiger partial charge in [0.15, 0.2) is 11.6 Å². The zero-order valence-corrected chi connectivity index (χ0v) is 11.4. The van der Waals surface area contributed by atoms with Crippen molar-refractivity contribution in [1.29, 1.82) is 5.26 Å². The third kappa shape index (κ3) is 2.65. The molecule has 2 aromatic heterocycles. The first-order valence-electron chi connectivity index (χ1n) is 6.53. The summed E-state index contributed by atoms with van der Waals surface area (Å²) in [6.45, 7) is 0. The van der Waals surface area contributed by atoms with Crippen LogP contribution in [0.15, 0.2) is 42.9 Å². The summed E-state index contributed by atoms with van der Waals surface area (Å²) < 4.78 is 13.1. The van der Waals surface area contributed by atoms with Gasteiger partial charge in [-0.2, -0.15) is 5.26 Å². The van der Waals surface area contributed by atoms with E-state index in [0.717, 1.165) is 11.3 Å². The Morgan fingerprint density at radius 1 is 1.23 bits per heavy atom. The van der Waals surface area contributed by atoms with E-state index in [2.05, 4.69) is 21.0 Å². The van der Waals surface area contributed by atoms with Crippen molar-refractivity contribution in [3.8, 4) is 23.2 Å². The van der Waals surface area contributed by atoms with Crippen molar-refractivity contribution < 1.29 is 9.50 Å². The molecule has 0 radical (unpaired) electrons. The van der Waals surface area contributed by atoms with Crippen molar-refractivity contribution in [2.45, 2.75) is 6.42 Å². The molecule has 5 nitrogen and oxygen atoms in total. The fourth-order valence-corrected chi connectivity index (χ4v) is 2.18. The van der Waals surface area contributed by atoms with Crippen LogP contribution in [-0.4, -0.2) is 20.1 Å². The third-order valence-corrected chi connectivity index (χ3v) is 3.24. The summed E-state index contributed by atoms with van der Waals surface area (Å²) in [6.07, 6.45) is 3.52. The first-order chi connectivity index (χ1) is 10.7. The van der Waals surface area contributed by atoms with Crippen LogP contribution in [0.4, 0.5) is 4.39 Å². The number of H-pyrrole nitrogens is 1. The largest absolute Gasteiger partial charge is 0.505 e. The number of hydrogen-bond donors (Lipinski definition) is 2. The van der Waals surface area contributed by atoms with Crippen LogP contribution in [0.25, 0.3) is 11.4 Å². The molecule has 22 heavy (non-hydrogen) atoms. The third-order valence-electron chi connectivity index (χ3n) is 3.24. The molecule has 0 amide bonds. The van der Waals surface area contributed by atoms with Gasteiger partial charge in [0.05, 0.1) is 23.7 Å². The number of nitrogens with zero attached hydrogens (tertiary/aromatic N) is 3. The van der Waals surface area contributed by atoms with E-state index in [1.165, 1.54) is 18.5 Å². The van der Waals surface area contributed by atoms with E-state index in [9.17, 15) is 9.50 Å². The minimum absolute atomic E-state index is 0.386. The van der Waals surface area contributed by atoms with Gasteiger partial charge >= 0.3 is 0 Å². The van der Waals surface area contributed by atoms with E-state index >= 15 is 0 Å². The molecule has 0 spiro atoms. The van der Waals surface area contributed by atoms with Crippen LogP contribution < -0.4 is 0 Å². The van der Waals surface area contributed by atoms with Gasteiger partial charge in [-0.1, -0.05) is 6.07 Å². The molecule has 6 heteroatoms. The summed E-state index contributed by atoms with van der Waals surface area (Å²) in [7, 11) is 0. The fraction of sp³-hybridized carbons (Fsp3) is 0.0625. The molecule has 0 aliphatic carbocycles. The average molecular weight is 294 g/mol. The van der Waals surface area contributed by atoms with Crippen molar-refractivity contribution in [3.05, 3.63) is 65.5 Å². The van der Waals surface area contributed by atoms with Gasteiger partial charge in [0.2, 0.25) is 0 Å². The highest BCUT2D eigenvalue weighted by Gasteiger charge is 2.12. The maximum atomic E-state index is 13.1. The van der Waals surface area contributed by atoms with Gasteiger partial charge in [-0.15, -0.1) is 0 Å². The number of aromatic amines is 1. The van der Waals surface area contributed by atoms with E-state index in [0.29, 0.717) is 23.4 Å². The number of aromatic nitrogens is 3. The molecular weight excluding hydrogens is 283 g/mol. The van der Waals surface area contributed by atoms with Crippen molar-refractivity contribution in [2.24, 2.45) is 0 Å². The lowest BCUT2D eigenvalue weighted by atomic mass is 10.1. The second-order valence-electron chi connectivity index (χ2n) is 4.73. The lowest BCUT2D eigenvalue weighted by Gasteiger charge is -2.04. The van der Waals surface area contributed by atoms with Gasteiger partial charge in [-0.25, -0.2) is 9.37 Å². The minimum Gasteiger partial charge on any atom is -0.505 e. The number of benzene rings is 1. The summed E-state index contributed by atoms with van der Waals surface area (Å²) in [4.78, 5) is 11.5. The number of hydrogen-bond acceptors (Lipinski definition) is 4. The Bertz CT molecular complexity index is 867. The van der Waals surface area contributed by atoms with Gasteiger partial charge in [-0.3, -0.25) is 4.98 Å². The number of nitrogens with one attached hydrogen (secondary N) is 1. The van der Waals surface area contributed by atoms with Crippen LogP contribution in [0.3, 0.4) is 0 Å². The summed E-state index contributed by atoms with van der Waals surface area (Å²) in [5.74, 6) is -1.04. The smallest absolute Gasteiger partial charge is 0.164 e. The molecule has 0 saturated carbocycles. The minimum atomic E-state index is -0.656. The van der Waals surface area contributed by atoms with Crippen LogP contribution in [0, 0.1) is 17.1 Å². The maximum absolute atomic E-state index is 13.1. The number of aromatic hydroxyl groups is 1. The number of phenols is 1. The zero-order chi connectivity index (χ0) is 15.5. The lowest BCUT2D eigenvalue weighted by molar-refractivity contribution is 0.431. The van der Waals surface area contributed by atoms with Crippen LogP contribution in [-0.2, 0) is 6.42 Å². The average Bonchev–Trinajstić information content (AvgIpc) is 2.99. The van der Waals surface area contributed by atoms with Gasteiger partial charge in [0.1, 0.15) is 5.69 Å². The molecule has 2 heterocycles. The van der Waals surface area contributed by atoms with Gasteiger partial charge in [0.25, 0.3) is 0 Å². The first kappa shape index (κ1) is 13.8. The molecule has 0 bridgehead atoms. The molecule has 0 fully saturated rings. The van der Waals surface area contributed by atoms with E-state index in [1.54, 1.807) is 24.4 Å². The summed E-state index contributed by atoms with van der Waals surface area (Å²) in [5.41, 5.74) is 3.22. The van der Waals surface area contributed by atoms with E-state index in [4.69, 9.17) is 5.26 Å². The summed E-state index contributed by atoms with van der Waals surface area (Å²) >= 11 is 0. The fourth-order valence-electron chi connectivity index (χ4n) is 2.18. The molecule has 2 N–H and O–H groups in total. The first-order valence-corrected chi connectivity index (χ1v) is 6.53. The highest BCUT2D eigenvalue weighted by molar-refractivity contribution is 5.59. The second kappa shape index (κ2) is 5.66. The highest BCUT2D eigenvalue weighted by Crippen LogP contribution is 2.23. The number of imidazole rings is 1. The number of halogens is 1. The Balaban J connectivity index is 1.95. The topological polar surface area (TPSA) is 85.6 Å². The normalized spacial score (nSPS) is 10.4. The van der Waals surface area contributed by atoms with E-state index in [-0.39, 0.29) is 5.75 Å². The van der Waals surface area contributed by atoms with Crippen molar-refractivity contribution in [1.82, 2.24) is 15.0 Å². The zero-order valence-electron chi connectivity index (χ0n) is 11.4. The SMILES string of the molecule is N#Cc1ccnc(-c2nc[nH]c2Cc2ccc(F)c(O)c2)c1. The Morgan fingerprint density at radius 3 is 2.86 bits per heavy atom. The van der Waals surface area contributed by atoms with Gasteiger partial charge < -0.3 is 10.1 Å². The Labute approximate surface area is 125 Å². The molecule has 3 rings (SSSR count). The molecular formula is C16H11FN4O. The molecule has 1 aromatic carbocycles. The highest BCUT2D eigenvalue weighted by atomic mass is 19.1. The van der Waals surface area contributed by atoms with Crippen LogP contribution in [0.5, 0.6) is 5.75 Å². The van der Waals surface area contributed by atoms with Crippen molar-refractivity contribution >= 4 is 0 Å². The summed E-state index contributed by atoms with van der Waals surface area (Å²) in [6, 6.07) is 9.52. The monoisotopic (exact) mass is 294 g/mol. The van der Waals surface area contributed by atoms with Crippen LogP contribution in [0.2, 0.25) is 0 Å². The van der Waals surface area contributed by atoms with E-state index in [1.807, 2.05) is 0 Å². The second-order valence-corrected chi connectivity index (χ2v) is 4.73. The molecule has 0 unspecified atom stereocenters. The lowest BCUT2D eigenvalue weighted by Crippen LogP contribution is -1.94. The molecule has 0 aliphatic rings. The molecule has 108 valence electrons. The number of phenolic OH excluding ortho intramolecular Hbond substituents is 1. The predicted molar refractivity (Wildman–Crippen MR) is 77.4 cm³/mol. The van der Waals surface area contributed by atoms with Gasteiger partial charge in [-0.05, 0) is 29.8 Å².